The molecule has 9 heteroatoms. The lowest BCUT2D eigenvalue weighted by Crippen LogP contribution is -2.46. The largest absolute Gasteiger partial charge is 0.465 e. The van der Waals surface area contributed by atoms with E-state index in [1.54, 1.807) is 26.0 Å². The van der Waals surface area contributed by atoms with E-state index in [-0.39, 0.29) is 10.5 Å². The van der Waals surface area contributed by atoms with Gasteiger partial charge in [-0.15, -0.1) is 0 Å². The molecular weight excluding hydrogens is 433 g/mol. The minimum atomic E-state index is -3.98. The van der Waals surface area contributed by atoms with Crippen LogP contribution in [0.3, 0.4) is 0 Å². The fourth-order valence-electron chi connectivity index (χ4n) is 3.96. The fourth-order valence-corrected chi connectivity index (χ4v) is 5.45. The van der Waals surface area contributed by atoms with Gasteiger partial charge in [0.15, 0.2) is 0 Å². The summed E-state index contributed by atoms with van der Waals surface area (Å²) in [4.78, 5) is 16.3. The molecule has 0 radical (unpaired) electrons. The van der Waals surface area contributed by atoms with Gasteiger partial charge in [0.05, 0.1) is 17.6 Å². The Kier molecular flexibility index (Phi) is 7.53. The molecule has 3 rings (SSSR count). The molecule has 1 atom stereocenters. The van der Waals surface area contributed by atoms with Crippen LogP contribution in [0.4, 0.5) is 10.1 Å². The van der Waals surface area contributed by atoms with Crippen LogP contribution in [-0.4, -0.2) is 59.1 Å². The summed E-state index contributed by atoms with van der Waals surface area (Å²) in [6.07, 6.45) is 0. The van der Waals surface area contributed by atoms with Crippen LogP contribution in [0.15, 0.2) is 41.3 Å². The van der Waals surface area contributed by atoms with Crippen LogP contribution >= 0.6 is 0 Å². The molecule has 0 bridgehead atoms. The number of carbonyl (C=O) groups excluding carboxylic acids is 1. The zero-order chi connectivity index (χ0) is 23.5. The molecule has 0 amide bonds. The predicted molar refractivity (Wildman–Crippen MR) is 122 cm³/mol. The second-order valence-corrected chi connectivity index (χ2v) is 9.62. The van der Waals surface area contributed by atoms with Gasteiger partial charge in [0, 0.05) is 37.9 Å². The van der Waals surface area contributed by atoms with Crippen molar-refractivity contribution in [1.82, 2.24) is 9.62 Å². The van der Waals surface area contributed by atoms with Crippen LogP contribution in [-0.2, 0) is 14.8 Å². The van der Waals surface area contributed by atoms with Gasteiger partial charge in [0.25, 0.3) is 0 Å². The minimum absolute atomic E-state index is 0.0123. The van der Waals surface area contributed by atoms with E-state index in [4.69, 9.17) is 4.74 Å². The van der Waals surface area contributed by atoms with E-state index in [1.807, 2.05) is 0 Å². The number of rotatable bonds is 7. The van der Waals surface area contributed by atoms with E-state index >= 15 is 0 Å². The Morgan fingerprint density at radius 2 is 1.84 bits per heavy atom. The van der Waals surface area contributed by atoms with Crippen molar-refractivity contribution in [1.29, 1.82) is 0 Å². The van der Waals surface area contributed by atoms with Gasteiger partial charge in [0.1, 0.15) is 5.82 Å². The monoisotopic (exact) mass is 463 g/mol. The maximum atomic E-state index is 14.1. The van der Waals surface area contributed by atoms with E-state index in [2.05, 4.69) is 21.4 Å². The number of halogens is 1. The molecule has 1 saturated heterocycles. The van der Waals surface area contributed by atoms with Crippen molar-refractivity contribution in [3.8, 4) is 0 Å². The van der Waals surface area contributed by atoms with Crippen molar-refractivity contribution in [2.45, 2.75) is 31.7 Å². The molecule has 32 heavy (non-hydrogen) atoms. The molecule has 2 aromatic rings. The van der Waals surface area contributed by atoms with Crippen LogP contribution in [0.25, 0.3) is 0 Å². The fraction of sp³-hybridized carbons (Fsp3) is 0.435. The van der Waals surface area contributed by atoms with Crippen molar-refractivity contribution in [3.05, 3.63) is 58.9 Å². The molecule has 1 heterocycles. The highest BCUT2D eigenvalue weighted by molar-refractivity contribution is 7.89. The average Bonchev–Trinajstić information content (AvgIpc) is 2.78. The number of benzene rings is 2. The first kappa shape index (κ1) is 24.2. The van der Waals surface area contributed by atoms with Crippen molar-refractivity contribution in [3.63, 3.8) is 0 Å². The standard InChI is InChI=1S/C23H30FN3O4S/c1-5-26-10-12-27(13-11-26)21-9-8-19(24)15-20(21)17(3)25-32(29,30)22-14-18(23(28)31-4)7-6-16(22)2/h6-9,14-15,17,25H,5,10-13H2,1-4H3/t17-/m0/s1. The van der Waals surface area contributed by atoms with E-state index in [0.717, 1.165) is 38.4 Å². The first-order chi connectivity index (χ1) is 15.2. The summed E-state index contributed by atoms with van der Waals surface area (Å²) in [6.45, 7) is 9.80. The molecule has 0 spiro atoms. The third-order valence-corrected chi connectivity index (χ3v) is 7.53. The third kappa shape index (κ3) is 5.28. The average molecular weight is 464 g/mol. The van der Waals surface area contributed by atoms with Gasteiger partial charge < -0.3 is 14.5 Å². The van der Waals surface area contributed by atoms with Gasteiger partial charge in [0.2, 0.25) is 10.0 Å². The zero-order valence-corrected chi connectivity index (χ0v) is 19.7. The van der Waals surface area contributed by atoms with Gasteiger partial charge in [-0.2, -0.15) is 0 Å². The highest BCUT2D eigenvalue weighted by atomic mass is 32.2. The van der Waals surface area contributed by atoms with E-state index in [9.17, 15) is 17.6 Å². The predicted octanol–water partition coefficient (Wildman–Crippen LogP) is 3.10. The Labute approximate surface area is 189 Å². The maximum absolute atomic E-state index is 14.1. The number of piperazine rings is 1. The van der Waals surface area contributed by atoms with E-state index < -0.39 is 27.9 Å². The number of likely N-dealkylation sites (N-methyl/N-ethyl adjacent to an activating group) is 1. The number of carbonyl (C=O) groups is 1. The number of hydrogen-bond donors (Lipinski definition) is 1. The molecule has 0 aliphatic carbocycles. The van der Waals surface area contributed by atoms with Crippen LogP contribution < -0.4 is 9.62 Å². The van der Waals surface area contributed by atoms with Crippen molar-refractivity contribution in [2.24, 2.45) is 0 Å². The van der Waals surface area contributed by atoms with Gasteiger partial charge in [-0.05, 0) is 61.9 Å². The third-order valence-electron chi connectivity index (χ3n) is 5.85. The molecular formula is C23H30FN3O4S. The van der Waals surface area contributed by atoms with E-state index in [0.29, 0.717) is 11.1 Å². The molecule has 174 valence electrons. The number of nitrogens with zero attached hydrogens (tertiary/aromatic N) is 2. The summed E-state index contributed by atoms with van der Waals surface area (Å²) in [6, 6.07) is 8.18. The Bertz CT molecular complexity index is 1080. The topological polar surface area (TPSA) is 79.0 Å². The van der Waals surface area contributed by atoms with Crippen LogP contribution in [0.5, 0.6) is 0 Å². The van der Waals surface area contributed by atoms with Gasteiger partial charge in [-0.25, -0.2) is 22.3 Å². The highest BCUT2D eigenvalue weighted by Crippen LogP contribution is 2.30. The summed E-state index contributed by atoms with van der Waals surface area (Å²) in [5, 5.41) is 0. The summed E-state index contributed by atoms with van der Waals surface area (Å²) < 4.78 is 47.8. The Morgan fingerprint density at radius 3 is 2.47 bits per heavy atom. The smallest absolute Gasteiger partial charge is 0.337 e. The van der Waals surface area contributed by atoms with Gasteiger partial charge in [-0.1, -0.05) is 13.0 Å². The maximum Gasteiger partial charge on any atom is 0.337 e. The van der Waals surface area contributed by atoms with Crippen LogP contribution in [0.1, 0.15) is 41.4 Å². The van der Waals surface area contributed by atoms with Gasteiger partial charge >= 0.3 is 5.97 Å². The Balaban J connectivity index is 1.89. The lowest BCUT2D eigenvalue weighted by Gasteiger charge is -2.37. The molecule has 1 N–H and O–H groups in total. The summed E-state index contributed by atoms with van der Waals surface area (Å²) in [5.41, 5.74) is 2.02. The molecule has 0 saturated carbocycles. The molecule has 1 aliphatic heterocycles. The molecule has 7 nitrogen and oxygen atoms in total. The Hall–Kier alpha value is -2.49. The first-order valence-corrected chi connectivity index (χ1v) is 12.1. The van der Waals surface area contributed by atoms with Crippen molar-refractivity contribution in [2.75, 3.05) is 44.7 Å². The summed E-state index contributed by atoms with van der Waals surface area (Å²) in [7, 11) is -2.74. The highest BCUT2D eigenvalue weighted by Gasteiger charge is 2.26. The number of hydrogen-bond acceptors (Lipinski definition) is 6. The van der Waals surface area contributed by atoms with Crippen molar-refractivity contribution < 1.29 is 22.3 Å². The second-order valence-electron chi connectivity index (χ2n) is 7.94. The number of nitrogens with one attached hydrogen (secondary N) is 1. The zero-order valence-electron chi connectivity index (χ0n) is 18.9. The number of aryl methyl sites for hydroxylation is 1. The van der Waals surface area contributed by atoms with E-state index in [1.165, 1.54) is 31.4 Å². The number of esters is 1. The molecule has 1 aliphatic rings. The number of sulfonamides is 1. The van der Waals surface area contributed by atoms with Crippen LogP contribution in [0, 0.1) is 12.7 Å². The second kappa shape index (κ2) is 9.97. The summed E-state index contributed by atoms with van der Waals surface area (Å²) in [5.74, 6) is -1.04. The van der Waals surface area contributed by atoms with Crippen molar-refractivity contribution >= 4 is 21.7 Å². The number of methoxy groups -OCH3 is 1. The normalized spacial score (nSPS) is 16.1. The minimum Gasteiger partial charge on any atom is -0.465 e. The Morgan fingerprint density at radius 1 is 1.16 bits per heavy atom. The molecule has 0 unspecified atom stereocenters. The lowest BCUT2D eigenvalue weighted by molar-refractivity contribution is 0.0600. The summed E-state index contributed by atoms with van der Waals surface area (Å²) >= 11 is 0. The van der Waals surface area contributed by atoms with Crippen LogP contribution in [0.2, 0.25) is 0 Å². The number of anilines is 1. The quantitative estimate of drug-likeness (QED) is 0.636. The SMILES string of the molecule is CCN1CCN(c2ccc(F)cc2[C@H](C)NS(=O)(=O)c2cc(C(=O)OC)ccc2C)CC1. The lowest BCUT2D eigenvalue weighted by atomic mass is 10.0. The molecule has 2 aromatic carbocycles. The number of ether oxygens (including phenoxy) is 1. The molecule has 1 fully saturated rings. The first-order valence-electron chi connectivity index (χ1n) is 10.6. The molecule has 0 aromatic heterocycles. The van der Waals surface area contributed by atoms with Gasteiger partial charge in [-0.3, -0.25) is 0 Å².